The summed E-state index contributed by atoms with van der Waals surface area (Å²) >= 11 is 0. The molecule has 3 rings (SSSR count). The molecule has 1 heterocycles. The molecule has 1 saturated heterocycles. The highest BCUT2D eigenvalue weighted by atomic mass is 16.5. The fourth-order valence-corrected chi connectivity index (χ4v) is 2.93. The van der Waals surface area contributed by atoms with Crippen molar-refractivity contribution in [2.75, 3.05) is 11.5 Å². The molecule has 0 aliphatic carbocycles. The van der Waals surface area contributed by atoms with Gasteiger partial charge in [-0.1, -0.05) is 12.1 Å². The second-order valence-corrected chi connectivity index (χ2v) is 6.27. The molecule has 0 unspecified atom stereocenters. The van der Waals surface area contributed by atoms with Crippen LogP contribution in [0.25, 0.3) is 6.08 Å². The molecule has 0 spiro atoms. The summed E-state index contributed by atoms with van der Waals surface area (Å²) in [4.78, 5) is 38.4. The minimum atomic E-state index is -0.820. The highest BCUT2D eigenvalue weighted by Crippen LogP contribution is 2.26. The molecule has 7 heteroatoms. The standard InChI is InChI=1S/C22H20N2O5/c1-3-5-15-12-14(6-11-19(15)25)13-18-20(26)23-22(28)24(21(18)27)16-7-9-17(10-8-16)29-4-2/h3,6-13,25H,1,4-5H2,2H3,(H,23,26,28)/b18-13-. The molecular formula is C22H20N2O5. The minimum absolute atomic E-state index is 0.0951. The molecule has 0 bridgehead atoms. The third-order valence-corrected chi connectivity index (χ3v) is 4.29. The van der Waals surface area contributed by atoms with Crippen LogP contribution in [0.1, 0.15) is 18.1 Å². The van der Waals surface area contributed by atoms with Crippen LogP contribution < -0.4 is 15.0 Å². The number of anilines is 1. The molecule has 0 radical (unpaired) electrons. The number of rotatable bonds is 6. The monoisotopic (exact) mass is 392 g/mol. The van der Waals surface area contributed by atoms with E-state index < -0.39 is 17.8 Å². The fraction of sp³-hybridized carbons (Fsp3) is 0.136. The van der Waals surface area contributed by atoms with E-state index in [1.807, 2.05) is 6.92 Å². The van der Waals surface area contributed by atoms with E-state index in [2.05, 4.69) is 11.9 Å². The molecule has 2 aromatic rings. The molecule has 148 valence electrons. The van der Waals surface area contributed by atoms with Crippen molar-refractivity contribution in [3.05, 3.63) is 71.8 Å². The second kappa shape index (κ2) is 8.43. The van der Waals surface area contributed by atoms with E-state index in [1.165, 1.54) is 12.1 Å². The van der Waals surface area contributed by atoms with Crippen molar-refractivity contribution in [1.29, 1.82) is 0 Å². The lowest BCUT2D eigenvalue weighted by atomic mass is 10.0. The number of hydrogen-bond acceptors (Lipinski definition) is 5. The summed E-state index contributed by atoms with van der Waals surface area (Å²) in [5.74, 6) is -0.814. The smallest absolute Gasteiger partial charge is 0.335 e. The van der Waals surface area contributed by atoms with Crippen LogP contribution in [-0.2, 0) is 16.0 Å². The summed E-state index contributed by atoms with van der Waals surface area (Å²) in [5, 5.41) is 12.1. The third-order valence-electron chi connectivity index (χ3n) is 4.29. The van der Waals surface area contributed by atoms with Crippen molar-refractivity contribution in [1.82, 2.24) is 5.32 Å². The Morgan fingerprint density at radius 1 is 1.14 bits per heavy atom. The zero-order chi connectivity index (χ0) is 21.0. The van der Waals surface area contributed by atoms with Gasteiger partial charge in [0.2, 0.25) is 0 Å². The molecule has 29 heavy (non-hydrogen) atoms. The predicted octanol–water partition coefficient (Wildman–Crippen LogP) is 3.19. The van der Waals surface area contributed by atoms with Crippen molar-refractivity contribution >= 4 is 29.6 Å². The first-order valence-electron chi connectivity index (χ1n) is 9.01. The van der Waals surface area contributed by atoms with Gasteiger partial charge in [-0.3, -0.25) is 14.9 Å². The predicted molar refractivity (Wildman–Crippen MR) is 109 cm³/mol. The summed E-state index contributed by atoms with van der Waals surface area (Å²) in [5.41, 5.74) is 1.28. The number of phenolic OH excluding ortho intramolecular Hbond substituents is 1. The fourth-order valence-electron chi connectivity index (χ4n) is 2.93. The van der Waals surface area contributed by atoms with Crippen molar-refractivity contribution in [3.63, 3.8) is 0 Å². The van der Waals surface area contributed by atoms with E-state index in [0.717, 1.165) is 4.90 Å². The third kappa shape index (κ3) is 4.19. The number of carbonyl (C=O) groups excluding carboxylic acids is 3. The van der Waals surface area contributed by atoms with Crippen molar-refractivity contribution in [3.8, 4) is 11.5 Å². The normalized spacial score (nSPS) is 15.4. The number of amides is 4. The number of nitrogens with one attached hydrogen (secondary N) is 1. The first kappa shape index (κ1) is 19.9. The van der Waals surface area contributed by atoms with Gasteiger partial charge in [0.1, 0.15) is 17.1 Å². The molecule has 1 aliphatic rings. The number of barbiturate groups is 1. The molecule has 1 fully saturated rings. The molecule has 0 atom stereocenters. The van der Waals surface area contributed by atoms with E-state index in [9.17, 15) is 19.5 Å². The average molecular weight is 392 g/mol. The lowest BCUT2D eigenvalue weighted by molar-refractivity contribution is -0.122. The van der Waals surface area contributed by atoms with Crippen LogP contribution in [0.3, 0.4) is 0 Å². The number of hydrogen-bond donors (Lipinski definition) is 2. The lowest BCUT2D eigenvalue weighted by Crippen LogP contribution is -2.54. The van der Waals surface area contributed by atoms with Gasteiger partial charge in [-0.15, -0.1) is 6.58 Å². The first-order valence-corrected chi connectivity index (χ1v) is 9.01. The van der Waals surface area contributed by atoms with E-state index >= 15 is 0 Å². The number of benzene rings is 2. The number of ether oxygens (including phenoxy) is 1. The summed E-state index contributed by atoms with van der Waals surface area (Å²) in [6.07, 6.45) is 3.45. The Hall–Kier alpha value is -3.87. The minimum Gasteiger partial charge on any atom is -0.508 e. The van der Waals surface area contributed by atoms with Crippen molar-refractivity contribution < 1.29 is 24.2 Å². The Morgan fingerprint density at radius 3 is 2.52 bits per heavy atom. The second-order valence-electron chi connectivity index (χ2n) is 6.27. The number of phenols is 1. The van der Waals surface area contributed by atoms with E-state index in [1.54, 1.807) is 42.5 Å². The van der Waals surface area contributed by atoms with Crippen LogP contribution in [-0.4, -0.2) is 29.6 Å². The number of carbonyl (C=O) groups is 3. The Balaban J connectivity index is 1.95. The maximum atomic E-state index is 12.9. The number of urea groups is 1. The topological polar surface area (TPSA) is 95.9 Å². The van der Waals surface area contributed by atoms with Gasteiger partial charge in [-0.25, -0.2) is 9.69 Å². The summed E-state index contributed by atoms with van der Waals surface area (Å²) < 4.78 is 5.36. The van der Waals surface area contributed by atoms with Gasteiger partial charge in [-0.05, 0) is 66.9 Å². The van der Waals surface area contributed by atoms with E-state index in [-0.39, 0.29) is 11.3 Å². The van der Waals surface area contributed by atoms with Gasteiger partial charge in [0, 0.05) is 0 Å². The van der Waals surface area contributed by atoms with Crippen LogP contribution in [0.2, 0.25) is 0 Å². The number of nitrogens with zero attached hydrogens (tertiary/aromatic N) is 1. The first-order chi connectivity index (χ1) is 13.9. The van der Waals surface area contributed by atoms with Crippen molar-refractivity contribution in [2.24, 2.45) is 0 Å². The van der Waals surface area contributed by atoms with Gasteiger partial charge < -0.3 is 9.84 Å². The van der Waals surface area contributed by atoms with Gasteiger partial charge in [0.25, 0.3) is 11.8 Å². The largest absolute Gasteiger partial charge is 0.508 e. The van der Waals surface area contributed by atoms with Crippen LogP contribution in [0.4, 0.5) is 10.5 Å². The Labute approximate surface area is 167 Å². The lowest BCUT2D eigenvalue weighted by Gasteiger charge is -2.26. The molecule has 2 N–H and O–H groups in total. The summed E-state index contributed by atoms with van der Waals surface area (Å²) in [6.45, 7) is 5.98. The number of imide groups is 2. The molecule has 0 saturated carbocycles. The number of aromatic hydroxyl groups is 1. The molecule has 4 amide bonds. The molecular weight excluding hydrogens is 372 g/mol. The summed E-state index contributed by atoms with van der Waals surface area (Å²) in [6, 6.07) is 10.3. The van der Waals surface area contributed by atoms with E-state index in [0.29, 0.717) is 35.6 Å². The van der Waals surface area contributed by atoms with Gasteiger partial charge in [0.05, 0.1) is 12.3 Å². The van der Waals surface area contributed by atoms with Crippen LogP contribution >= 0.6 is 0 Å². The Kier molecular flexibility index (Phi) is 5.78. The van der Waals surface area contributed by atoms with E-state index in [4.69, 9.17) is 4.74 Å². The van der Waals surface area contributed by atoms with Gasteiger partial charge in [0.15, 0.2) is 0 Å². The van der Waals surface area contributed by atoms with Crippen LogP contribution in [0, 0.1) is 0 Å². The van der Waals surface area contributed by atoms with Gasteiger partial charge >= 0.3 is 6.03 Å². The maximum Gasteiger partial charge on any atom is 0.335 e. The summed E-state index contributed by atoms with van der Waals surface area (Å²) in [7, 11) is 0. The van der Waals surface area contributed by atoms with Crippen LogP contribution in [0.15, 0.2) is 60.7 Å². The molecule has 7 nitrogen and oxygen atoms in total. The Bertz CT molecular complexity index is 1010. The highest BCUT2D eigenvalue weighted by Gasteiger charge is 2.36. The Morgan fingerprint density at radius 2 is 1.86 bits per heavy atom. The van der Waals surface area contributed by atoms with Gasteiger partial charge in [-0.2, -0.15) is 0 Å². The molecule has 0 aromatic heterocycles. The molecule has 2 aromatic carbocycles. The van der Waals surface area contributed by atoms with Crippen molar-refractivity contribution in [2.45, 2.75) is 13.3 Å². The zero-order valence-corrected chi connectivity index (χ0v) is 15.8. The highest BCUT2D eigenvalue weighted by molar-refractivity contribution is 6.39. The zero-order valence-electron chi connectivity index (χ0n) is 15.8. The molecule has 1 aliphatic heterocycles. The van der Waals surface area contributed by atoms with Crippen LogP contribution in [0.5, 0.6) is 11.5 Å². The quantitative estimate of drug-likeness (QED) is 0.447. The number of allylic oxidation sites excluding steroid dienone is 1. The SMILES string of the molecule is C=CCc1cc(/C=C2/C(=O)NC(=O)N(c3ccc(OCC)cc3)C2=O)ccc1O. The maximum absolute atomic E-state index is 12.9. The average Bonchev–Trinajstić information content (AvgIpc) is 2.69.